The SMILES string of the molecule is CNC1CCN(/C(=C/N)c2cnc(N(C)C(=O)C3CC3)cn2)CC1. The molecule has 3 rings (SSSR count). The van der Waals surface area contributed by atoms with E-state index in [0.717, 1.165) is 50.2 Å². The summed E-state index contributed by atoms with van der Waals surface area (Å²) in [6.45, 7) is 1.89. The van der Waals surface area contributed by atoms with Crippen LogP contribution in [0.2, 0.25) is 0 Å². The standard InChI is InChI=1S/C17H26N6O/c1-19-13-5-7-23(8-6-13)15(9-18)14-10-21-16(11-20-14)22(2)17(24)12-3-4-12/h9-13,19H,3-8,18H2,1-2H3/b15-9+. The number of hydrogen-bond acceptors (Lipinski definition) is 6. The Morgan fingerprint density at radius 2 is 2.00 bits per heavy atom. The maximum Gasteiger partial charge on any atom is 0.231 e. The minimum absolute atomic E-state index is 0.126. The van der Waals surface area contributed by atoms with Crippen molar-refractivity contribution in [3.63, 3.8) is 0 Å². The molecule has 7 heteroatoms. The fourth-order valence-corrected chi connectivity index (χ4v) is 3.11. The van der Waals surface area contributed by atoms with Gasteiger partial charge in [-0.3, -0.25) is 9.69 Å². The molecule has 0 unspecified atom stereocenters. The van der Waals surface area contributed by atoms with E-state index in [1.165, 1.54) is 0 Å². The smallest absolute Gasteiger partial charge is 0.231 e. The van der Waals surface area contributed by atoms with Crippen molar-refractivity contribution in [2.45, 2.75) is 31.7 Å². The summed E-state index contributed by atoms with van der Waals surface area (Å²) >= 11 is 0. The lowest BCUT2D eigenvalue weighted by Crippen LogP contribution is -2.40. The predicted molar refractivity (Wildman–Crippen MR) is 94.0 cm³/mol. The van der Waals surface area contributed by atoms with Gasteiger partial charge >= 0.3 is 0 Å². The summed E-state index contributed by atoms with van der Waals surface area (Å²) < 4.78 is 0. The normalized spacial score (nSPS) is 19.4. The highest BCUT2D eigenvalue weighted by atomic mass is 16.2. The third-order valence-electron chi connectivity index (χ3n) is 4.90. The molecule has 130 valence electrons. The average molecular weight is 330 g/mol. The number of rotatable bonds is 5. The molecule has 0 spiro atoms. The van der Waals surface area contributed by atoms with Crippen molar-refractivity contribution in [1.82, 2.24) is 20.2 Å². The van der Waals surface area contributed by atoms with Crippen LogP contribution in [-0.2, 0) is 4.79 Å². The van der Waals surface area contributed by atoms with E-state index in [0.29, 0.717) is 11.9 Å². The summed E-state index contributed by atoms with van der Waals surface area (Å²) in [5, 5.41) is 3.32. The van der Waals surface area contributed by atoms with Crippen molar-refractivity contribution >= 4 is 17.4 Å². The first-order valence-electron chi connectivity index (χ1n) is 8.58. The van der Waals surface area contributed by atoms with Gasteiger partial charge in [0.25, 0.3) is 0 Å². The quantitative estimate of drug-likeness (QED) is 0.830. The highest BCUT2D eigenvalue weighted by molar-refractivity contribution is 5.95. The zero-order valence-corrected chi connectivity index (χ0v) is 14.4. The molecular weight excluding hydrogens is 304 g/mol. The molecule has 1 aliphatic heterocycles. The van der Waals surface area contributed by atoms with E-state index in [1.54, 1.807) is 30.5 Å². The van der Waals surface area contributed by atoms with E-state index >= 15 is 0 Å². The Labute approximate surface area is 142 Å². The molecule has 2 heterocycles. The van der Waals surface area contributed by atoms with Crippen LogP contribution in [0.1, 0.15) is 31.4 Å². The summed E-state index contributed by atoms with van der Waals surface area (Å²) in [5.41, 5.74) is 7.49. The van der Waals surface area contributed by atoms with Crippen LogP contribution < -0.4 is 16.0 Å². The Kier molecular flexibility index (Phi) is 4.99. The van der Waals surface area contributed by atoms with Crippen LogP contribution in [0.3, 0.4) is 0 Å². The fraction of sp³-hybridized carbons (Fsp3) is 0.588. The lowest BCUT2D eigenvalue weighted by atomic mass is 10.0. The molecule has 0 bridgehead atoms. The van der Waals surface area contributed by atoms with Gasteiger partial charge in [-0.1, -0.05) is 0 Å². The Balaban J connectivity index is 1.68. The van der Waals surface area contributed by atoms with Crippen molar-refractivity contribution in [3.8, 4) is 0 Å². The largest absolute Gasteiger partial charge is 0.403 e. The number of nitrogens with two attached hydrogens (primary N) is 1. The molecule has 1 saturated heterocycles. The summed E-state index contributed by atoms with van der Waals surface area (Å²) in [7, 11) is 3.76. The molecular formula is C17H26N6O. The molecule has 0 atom stereocenters. The van der Waals surface area contributed by atoms with Crippen molar-refractivity contribution in [3.05, 3.63) is 24.3 Å². The molecule has 3 N–H and O–H groups in total. The van der Waals surface area contributed by atoms with Crippen LogP contribution in [0.15, 0.2) is 18.6 Å². The zero-order valence-electron chi connectivity index (χ0n) is 14.4. The predicted octanol–water partition coefficient (Wildman–Crippen LogP) is 0.790. The number of carbonyl (C=O) groups excluding carboxylic acids is 1. The van der Waals surface area contributed by atoms with Gasteiger partial charge in [0, 0.05) is 38.3 Å². The van der Waals surface area contributed by atoms with E-state index in [-0.39, 0.29) is 11.8 Å². The van der Waals surface area contributed by atoms with Crippen LogP contribution in [0.5, 0.6) is 0 Å². The lowest BCUT2D eigenvalue weighted by Gasteiger charge is -2.34. The van der Waals surface area contributed by atoms with Crippen molar-refractivity contribution in [2.24, 2.45) is 11.7 Å². The average Bonchev–Trinajstić information content (AvgIpc) is 3.47. The molecule has 2 aliphatic rings. The number of likely N-dealkylation sites (tertiary alicyclic amines) is 1. The minimum atomic E-state index is 0.126. The Morgan fingerprint density at radius 3 is 2.50 bits per heavy atom. The molecule has 1 saturated carbocycles. The first-order chi connectivity index (χ1) is 11.6. The number of hydrogen-bond donors (Lipinski definition) is 2. The van der Waals surface area contributed by atoms with E-state index in [9.17, 15) is 4.79 Å². The Hall–Kier alpha value is -2.15. The Morgan fingerprint density at radius 1 is 1.29 bits per heavy atom. The maximum absolute atomic E-state index is 12.1. The second-order valence-corrected chi connectivity index (χ2v) is 6.53. The van der Waals surface area contributed by atoms with Gasteiger partial charge in [-0.15, -0.1) is 0 Å². The summed E-state index contributed by atoms with van der Waals surface area (Å²) in [6, 6.07) is 0.566. The summed E-state index contributed by atoms with van der Waals surface area (Å²) in [4.78, 5) is 24.8. The van der Waals surface area contributed by atoms with Crippen molar-refractivity contribution in [1.29, 1.82) is 0 Å². The van der Waals surface area contributed by atoms with Gasteiger partial charge in [0.15, 0.2) is 5.82 Å². The monoisotopic (exact) mass is 330 g/mol. The summed E-state index contributed by atoms with van der Waals surface area (Å²) in [5.74, 6) is 0.881. The van der Waals surface area contributed by atoms with Gasteiger partial charge in [0.05, 0.1) is 18.1 Å². The van der Waals surface area contributed by atoms with Gasteiger partial charge < -0.3 is 16.0 Å². The molecule has 24 heavy (non-hydrogen) atoms. The molecule has 1 amide bonds. The van der Waals surface area contributed by atoms with E-state index < -0.39 is 0 Å². The van der Waals surface area contributed by atoms with Crippen LogP contribution in [0.4, 0.5) is 5.82 Å². The third-order valence-corrected chi connectivity index (χ3v) is 4.90. The second kappa shape index (κ2) is 7.17. The molecule has 1 aliphatic carbocycles. The number of piperidine rings is 1. The fourth-order valence-electron chi connectivity index (χ4n) is 3.11. The molecule has 1 aromatic rings. The van der Waals surface area contributed by atoms with Gasteiger partial charge in [-0.05, 0) is 32.7 Å². The number of nitrogens with one attached hydrogen (secondary N) is 1. The van der Waals surface area contributed by atoms with Gasteiger partial charge in [-0.2, -0.15) is 0 Å². The highest BCUT2D eigenvalue weighted by Gasteiger charge is 2.33. The zero-order chi connectivity index (χ0) is 17.1. The number of anilines is 1. The molecule has 0 aromatic carbocycles. The number of carbonyl (C=O) groups is 1. The first kappa shape index (κ1) is 16.7. The number of nitrogens with zero attached hydrogens (tertiary/aromatic N) is 4. The maximum atomic E-state index is 12.1. The number of amides is 1. The molecule has 7 nitrogen and oxygen atoms in total. The number of aromatic nitrogens is 2. The molecule has 0 radical (unpaired) electrons. The van der Waals surface area contributed by atoms with E-state index in [2.05, 4.69) is 20.2 Å². The molecule has 1 aromatic heterocycles. The topological polar surface area (TPSA) is 87.4 Å². The van der Waals surface area contributed by atoms with Gasteiger partial charge in [0.1, 0.15) is 5.69 Å². The van der Waals surface area contributed by atoms with E-state index in [4.69, 9.17) is 5.73 Å². The Bertz CT molecular complexity index is 602. The minimum Gasteiger partial charge on any atom is -0.403 e. The summed E-state index contributed by atoms with van der Waals surface area (Å²) in [6.07, 6.45) is 9.08. The first-order valence-corrected chi connectivity index (χ1v) is 8.58. The van der Waals surface area contributed by atoms with Crippen molar-refractivity contribution < 1.29 is 4.79 Å². The van der Waals surface area contributed by atoms with Crippen LogP contribution in [-0.4, -0.2) is 54.0 Å². The van der Waals surface area contributed by atoms with Crippen LogP contribution in [0.25, 0.3) is 5.70 Å². The van der Waals surface area contributed by atoms with Gasteiger partial charge in [0.2, 0.25) is 5.91 Å². The van der Waals surface area contributed by atoms with E-state index in [1.807, 2.05) is 7.05 Å². The van der Waals surface area contributed by atoms with Crippen molar-refractivity contribution in [2.75, 3.05) is 32.1 Å². The van der Waals surface area contributed by atoms with Gasteiger partial charge in [-0.25, -0.2) is 9.97 Å². The third kappa shape index (κ3) is 3.51. The highest BCUT2D eigenvalue weighted by Crippen LogP contribution is 2.31. The van der Waals surface area contributed by atoms with Crippen LogP contribution >= 0.6 is 0 Å². The second-order valence-electron chi connectivity index (χ2n) is 6.53. The lowest BCUT2D eigenvalue weighted by molar-refractivity contribution is -0.119. The molecule has 2 fully saturated rings. The van der Waals surface area contributed by atoms with Crippen LogP contribution in [0, 0.1) is 5.92 Å².